The monoisotopic (exact) mass is 496 g/mol. The van der Waals surface area contributed by atoms with Crippen LogP contribution in [-0.4, -0.2) is 56.0 Å². The molecule has 1 aromatic heterocycles. The number of carbonyl (C=O) groups is 2. The van der Waals surface area contributed by atoms with E-state index in [4.69, 9.17) is 11.6 Å². The van der Waals surface area contributed by atoms with Gasteiger partial charge in [-0.3, -0.25) is 14.5 Å². The fourth-order valence-electron chi connectivity index (χ4n) is 4.01. The minimum atomic E-state index is -0.239. The van der Waals surface area contributed by atoms with E-state index in [0.717, 1.165) is 39.1 Å². The summed E-state index contributed by atoms with van der Waals surface area (Å²) in [5, 5.41) is 8.00. The molecule has 2 amide bonds. The van der Waals surface area contributed by atoms with E-state index >= 15 is 0 Å². The number of hydrogen-bond acceptors (Lipinski definition) is 5. The first kappa shape index (κ1) is 24.3. The molecule has 1 fully saturated rings. The van der Waals surface area contributed by atoms with Crippen LogP contribution in [0.4, 0.5) is 11.4 Å². The Hall–Kier alpha value is -2.87. The van der Waals surface area contributed by atoms with Crippen molar-refractivity contribution in [2.45, 2.75) is 13.3 Å². The van der Waals surface area contributed by atoms with Crippen LogP contribution in [0.5, 0.6) is 0 Å². The lowest BCUT2D eigenvalue weighted by Crippen LogP contribution is -2.47. The fourth-order valence-corrected chi connectivity index (χ4v) is 4.80. The average Bonchev–Trinajstić information content (AvgIpc) is 3.39. The van der Waals surface area contributed by atoms with Crippen molar-refractivity contribution in [1.82, 2.24) is 10.2 Å². The molecule has 1 aliphatic rings. The molecule has 3 aromatic rings. The summed E-state index contributed by atoms with van der Waals surface area (Å²) < 4.78 is 0. The number of aryl methyl sites for hydroxylation is 1. The molecule has 8 heteroatoms. The van der Waals surface area contributed by atoms with E-state index in [-0.39, 0.29) is 11.8 Å². The van der Waals surface area contributed by atoms with Gasteiger partial charge in [-0.05, 0) is 67.2 Å². The second kappa shape index (κ2) is 11.5. The van der Waals surface area contributed by atoms with E-state index in [0.29, 0.717) is 27.7 Å². The van der Waals surface area contributed by atoms with E-state index in [1.54, 1.807) is 24.3 Å². The van der Waals surface area contributed by atoms with Gasteiger partial charge in [-0.25, -0.2) is 0 Å². The molecule has 178 valence electrons. The van der Waals surface area contributed by atoms with Gasteiger partial charge in [0.2, 0.25) is 0 Å². The van der Waals surface area contributed by atoms with Crippen LogP contribution in [0.2, 0.25) is 5.02 Å². The standard InChI is InChI=1S/C26H29ClN4O2S/c1-19-5-2-6-21(17-19)31-14-12-30(13-15-31)11-4-10-28-25(32)20-8-9-22(27)23(18-20)29-26(33)24-7-3-16-34-24/h2-3,5-9,16-18H,4,10-15H2,1H3,(H,28,32)(H,29,33). The van der Waals surface area contributed by atoms with Gasteiger partial charge in [-0.2, -0.15) is 0 Å². The summed E-state index contributed by atoms with van der Waals surface area (Å²) >= 11 is 7.57. The Labute approximate surface area is 209 Å². The van der Waals surface area contributed by atoms with Crippen LogP contribution < -0.4 is 15.5 Å². The molecule has 1 saturated heterocycles. The lowest BCUT2D eigenvalue weighted by Gasteiger charge is -2.36. The maximum Gasteiger partial charge on any atom is 0.265 e. The van der Waals surface area contributed by atoms with Gasteiger partial charge < -0.3 is 15.5 Å². The number of nitrogens with zero attached hydrogens (tertiary/aromatic N) is 2. The van der Waals surface area contributed by atoms with E-state index in [1.165, 1.54) is 22.6 Å². The maximum absolute atomic E-state index is 12.6. The summed E-state index contributed by atoms with van der Waals surface area (Å²) in [5.41, 5.74) is 3.48. The number of nitrogens with one attached hydrogen (secondary N) is 2. The summed E-state index contributed by atoms with van der Waals surface area (Å²) in [7, 11) is 0. The smallest absolute Gasteiger partial charge is 0.265 e. The zero-order valence-corrected chi connectivity index (χ0v) is 20.8. The van der Waals surface area contributed by atoms with Gasteiger partial charge in [-0.1, -0.05) is 29.8 Å². The van der Waals surface area contributed by atoms with E-state index in [2.05, 4.69) is 51.6 Å². The maximum atomic E-state index is 12.6. The highest BCUT2D eigenvalue weighted by Gasteiger charge is 2.17. The quantitative estimate of drug-likeness (QED) is 0.435. The van der Waals surface area contributed by atoms with E-state index < -0.39 is 0 Å². The van der Waals surface area contributed by atoms with Crippen LogP contribution in [0.15, 0.2) is 60.0 Å². The Morgan fingerprint density at radius 3 is 2.56 bits per heavy atom. The topological polar surface area (TPSA) is 64.7 Å². The predicted molar refractivity (Wildman–Crippen MR) is 141 cm³/mol. The third kappa shape index (κ3) is 6.38. The molecule has 34 heavy (non-hydrogen) atoms. The van der Waals surface area contributed by atoms with Crippen LogP contribution >= 0.6 is 22.9 Å². The van der Waals surface area contributed by atoms with Crippen LogP contribution in [0.1, 0.15) is 32.0 Å². The summed E-state index contributed by atoms with van der Waals surface area (Å²) in [6.07, 6.45) is 0.881. The van der Waals surface area contributed by atoms with Gasteiger partial charge in [0.05, 0.1) is 15.6 Å². The Bertz CT molecular complexity index is 1130. The third-order valence-electron chi connectivity index (χ3n) is 5.90. The SMILES string of the molecule is Cc1cccc(N2CCN(CCCNC(=O)c3ccc(Cl)c(NC(=O)c4cccs4)c3)CC2)c1. The zero-order chi connectivity index (χ0) is 23.9. The molecular formula is C26H29ClN4O2S. The molecule has 2 N–H and O–H groups in total. The van der Waals surface area contributed by atoms with Crippen molar-refractivity contribution in [3.8, 4) is 0 Å². The minimum absolute atomic E-state index is 0.174. The van der Waals surface area contributed by atoms with Gasteiger partial charge in [0.15, 0.2) is 0 Å². The molecule has 2 heterocycles. The number of piperazine rings is 1. The molecule has 2 aromatic carbocycles. The molecule has 1 aliphatic heterocycles. The number of thiophene rings is 1. The number of carbonyl (C=O) groups excluding carboxylic acids is 2. The first-order chi connectivity index (χ1) is 16.5. The summed E-state index contributed by atoms with van der Waals surface area (Å²) in [6.45, 7) is 7.74. The Morgan fingerprint density at radius 2 is 1.82 bits per heavy atom. The number of rotatable bonds is 8. The molecule has 0 radical (unpaired) electrons. The van der Waals surface area contributed by atoms with Crippen molar-refractivity contribution in [3.05, 3.63) is 81.0 Å². The van der Waals surface area contributed by atoms with Crippen LogP contribution in [0, 0.1) is 6.92 Å². The van der Waals surface area contributed by atoms with Crippen LogP contribution in [0.25, 0.3) is 0 Å². The van der Waals surface area contributed by atoms with Crippen molar-refractivity contribution in [1.29, 1.82) is 0 Å². The van der Waals surface area contributed by atoms with Crippen molar-refractivity contribution < 1.29 is 9.59 Å². The first-order valence-corrected chi connectivity index (χ1v) is 12.7. The molecule has 0 unspecified atom stereocenters. The number of anilines is 2. The summed E-state index contributed by atoms with van der Waals surface area (Å²) in [5.74, 6) is -0.412. The summed E-state index contributed by atoms with van der Waals surface area (Å²) in [6, 6.07) is 17.1. The van der Waals surface area contributed by atoms with Crippen molar-refractivity contribution in [2.75, 3.05) is 49.5 Å². The van der Waals surface area contributed by atoms with Crippen molar-refractivity contribution in [3.63, 3.8) is 0 Å². The Balaban J connectivity index is 1.20. The zero-order valence-electron chi connectivity index (χ0n) is 19.2. The predicted octanol–water partition coefficient (Wildman–Crippen LogP) is 4.90. The Kier molecular flexibility index (Phi) is 8.21. The second-order valence-electron chi connectivity index (χ2n) is 8.40. The molecule has 0 aliphatic carbocycles. The normalized spacial score (nSPS) is 14.1. The molecule has 0 atom stereocenters. The highest BCUT2D eigenvalue weighted by molar-refractivity contribution is 7.12. The van der Waals surface area contributed by atoms with E-state index in [1.807, 2.05) is 11.4 Å². The molecular weight excluding hydrogens is 468 g/mol. The lowest BCUT2D eigenvalue weighted by molar-refractivity contribution is 0.0950. The van der Waals surface area contributed by atoms with Crippen LogP contribution in [-0.2, 0) is 0 Å². The van der Waals surface area contributed by atoms with Gasteiger partial charge >= 0.3 is 0 Å². The van der Waals surface area contributed by atoms with Gasteiger partial charge in [0.1, 0.15) is 0 Å². The van der Waals surface area contributed by atoms with Crippen LogP contribution in [0.3, 0.4) is 0 Å². The molecule has 0 saturated carbocycles. The van der Waals surface area contributed by atoms with Crippen molar-refractivity contribution in [2.24, 2.45) is 0 Å². The lowest BCUT2D eigenvalue weighted by atomic mass is 10.1. The minimum Gasteiger partial charge on any atom is -0.369 e. The molecule has 0 spiro atoms. The van der Waals surface area contributed by atoms with Gasteiger partial charge in [0.25, 0.3) is 11.8 Å². The van der Waals surface area contributed by atoms with Gasteiger partial charge in [-0.15, -0.1) is 11.3 Å². The number of benzene rings is 2. The van der Waals surface area contributed by atoms with Crippen molar-refractivity contribution >= 4 is 46.1 Å². The largest absolute Gasteiger partial charge is 0.369 e. The highest BCUT2D eigenvalue weighted by atomic mass is 35.5. The first-order valence-electron chi connectivity index (χ1n) is 11.5. The fraction of sp³-hybridized carbons (Fsp3) is 0.308. The molecule has 4 rings (SSSR count). The van der Waals surface area contributed by atoms with Gasteiger partial charge in [0, 0.05) is 44.0 Å². The summed E-state index contributed by atoms with van der Waals surface area (Å²) in [4.78, 5) is 30.4. The third-order valence-corrected chi connectivity index (χ3v) is 7.10. The molecule has 0 bridgehead atoms. The number of amides is 2. The Morgan fingerprint density at radius 1 is 1.00 bits per heavy atom. The highest BCUT2D eigenvalue weighted by Crippen LogP contribution is 2.24. The number of hydrogen-bond donors (Lipinski definition) is 2. The molecule has 6 nitrogen and oxygen atoms in total. The average molecular weight is 497 g/mol. The second-order valence-corrected chi connectivity index (χ2v) is 9.76. The number of halogens is 1. The van der Waals surface area contributed by atoms with E-state index in [9.17, 15) is 9.59 Å².